The number of hydrogen-bond acceptors (Lipinski definition) is 5. The Morgan fingerprint density at radius 3 is 2.62 bits per heavy atom. The number of rotatable bonds is 6. The van der Waals surface area contributed by atoms with Crippen molar-refractivity contribution in [3.8, 4) is 0 Å². The zero-order valence-corrected chi connectivity index (χ0v) is 20.5. The summed E-state index contributed by atoms with van der Waals surface area (Å²) in [6.07, 6.45) is 6.34. The van der Waals surface area contributed by atoms with Crippen LogP contribution < -0.4 is 0 Å². The quantitative estimate of drug-likeness (QED) is 0.477. The molecule has 2 heterocycles. The molecule has 1 aromatic heterocycles. The number of likely N-dealkylation sites (tertiary alicyclic amines) is 1. The van der Waals surface area contributed by atoms with Gasteiger partial charge in [-0.1, -0.05) is 29.8 Å². The lowest BCUT2D eigenvalue weighted by Crippen LogP contribution is -2.40. The zero-order chi connectivity index (χ0) is 24.1. The first-order valence-corrected chi connectivity index (χ1v) is 12.4. The molecule has 0 N–H and O–H groups in total. The highest BCUT2D eigenvalue weighted by molar-refractivity contribution is 6.30. The van der Waals surface area contributed by atoms with Gasteiger partial charge in [-0.25, -0.2) is 4.79 Å². The molecule has 34 heavy (non-hydrogen) atoms. The number of ether oxygens (including phenoxy) is 2. The van der Waals surface area contributed by atoms with Crippen molar-refractivity contribution in [2.45, 2.75) is 45.4 Å². The lowest BCUT2D eigenvalue weighted by atomic mass is 9.76. The third-order valence-corrected chi connectivity index (χ3v) is 6.87. The Labute approximate surface area is 205 Å². The summed E-state index contributed by atoms with van der Waals surface area (Å²) in [5.74, 6) is 0.188. The fraction of sp³-hybridized carbons (Fsp3) is 0.444. The number of carbonyl (C=O) groups is 2. The summed E-state index contributed by atoms with van der Waals surface area (Å²) in [6, 6.07) is 10.1. The first kappa shape index (κ1) is 24.3. The number of halogens is 1. The van der Waals surface area contributed by atoms with Crippen LogP contribution in [0.1, 0.15) is 67.8 Å². The van der Waals surface area contributed by atoms with Crippen LogP contribution in [-0.4, -0.2) is 48.2 Å². The molecule has 1 aromatic carbocycles. The average molecular weight is 483 g/mol. The van der Waals surface area contributed by atoms with Crippen molar-refractivity contribution in [1.82, 2.24) is 9.88 Å². The Morgan fingerprint density at radius 1 is 1.12 bits per heavy atom. The van der Waals surface area contributed by atoms with E-state index in [-0.39, 0.29) is 18.0 Å². The van der Waals surface area contributed by atoms with Gasteiger partial charge in [-0.15, -0.1) is 0 Å². The van der Waals surface area contributed by atoms with E-state index in [1.807, 2.05) is 38.2 Å². The molecule has 2 aliphatic rings. The summed E-state index contributed by atoms with van der Waals surface area (Å²) < 4.78 is 10.4. The zero-order valence-electron chi connectivity index (χ0n) is 19.8. The van der Waals surface area contributed by atoms with Crippen molar-refractivity contribution in [2.75, 3.05) is 26.3 Å². The molecular formula is C27H31ClN2O4. The van der Waals surface area contributed by atoms with E-state index < -0.39 is 0 Å². The summed E-state index contributed by atoms with van der Waals surface area (Å²) in [5, 5.41) is 0.675. The molecular weight excluding hydrogens is 452 g/mol. The van der Waals surface area contributed by atoms with Crippen LogP contribution in [0.2, 0.25) is 5.02 Å². The van der Waals surface area contributed by atoms with Crippen molar-refractivity contribution >= 4 is 35.3 Å². The molecule has 4 rings (SSSR count). The Bertz CT molecular complexity index is 1080. The minimum absolute atomic E-state index is 0.0733. The fourth-order valence-corrected chi connectivity index (χ4v) is 5.27. The lowest BCUT2D eigenvalue weighted by Gasteiger charge is -2.36. The van der Waals surface area contributed by atoms with E-state index >= 15 is 0 Å². The molecule has 7 heteroatoms. The van der Waals surface area contributed by atoms with Gasteiger partial charge in [-0.2, -0.15) is 0 Å². The minimum atomic E-state index is -0.240. The molecule has 6 nitrogen and oxygen atoms in total. The number of benzene rings is 1. The number of carbonyl (C=O) groups excluding carboxylic acids is 2. The van der Waals surface area contributed by atoms with Gasteiger partial charge < -0.3 is 14.4 Å². The van der Waals surface area contributed by atoms with Crippen LogP contribution >= 0.6 is 11.6 Å². The van der Waals surface area contributed by atoms with E-state index in [0.717, 1.165) is 35.2 Å². The third-order valence-electron chi connectivity index (χ3n) is 6.63. The molecule has 180 valence electrons. The molecule has 0 bridgehead atoms. The molecule has 1 aliphatic carbocycles. The third kappa shape index (κ3) is 5.27. The highest BCUT2D eigenvalue weighted by atomic mass is 35.5. The molecule has 0 radical (unpaired) electrons. The van der Waals surface area contributed by atoms with Gasteiger partial charge in [0.05, 0.1) is 18.9 Å². The summed E-state index contributed by atoms with van der Waals surface area (Å²) in [7, 11) is 0. The maximum absolute atomic E-state index is 12.2. The first-order valence-electron chi connectivity index (χ1n) is 12.0. The number of nitrogens with zero attached hydrogens (tertiary/aromatic N) is 2. The number of piperidine rings is 1. The Kier molecular flexibility index (Phi) is 7.88. The van der Waals surface area contributed by atoms with E-state index in [0.29, 0.717) is 50.1 Å². The van der Waals surface area contributed by atoms with Gasteiger partial charge in [-0.05, 0) is 79.5 Å². The number of amides is 1. The van der Waals surface area contributed by atoms with Gasteiger partial charge in [0.25, 0.3) is 0 Å². The molecule has 1 amide bonds. The summed E-state index contributed by atoms with van der Waals surface area (Å²) in [6.45, 7) is 5.72. The number of pyridine rings is 1. The van der Waals surface area contributed by atoms with Crippen molar-refractivity contribution < 1.29 is 19.1 Å². The largest absolute Gasteiger partial charge is 0.466 e. The van der Waals surface area contributed by atoms with Crippen LogP contribution in [0.25, 0.3) is 11.6 Å². The molecule has 0 saturated carbocycles. The first-order chi connectivity index (χ1) is 16.5. The van der Waals surface area contributed by atoms with E-state index in [1.54, 1.807) is 4.90 Å². The summed E-state index contributed by atoms with van der Waals surface area (Å²) in [5.41, 5.74) is 5.39. The molecule has 1 unspecified atom stereocenters. The molecule has 2 aromatic rings. The van der Waals surface area contributed by atoms with Crippen molar-refractivity contribution in [3.05, 3.63) is 63.9 Å². The molecule has 0 spiro atoms. The smallest absolute Gasteiger partial charge is 0.409 e. The highest BCUT2D eigenvalue weighted by Crippen LogP contribution is 2.45. The van der Waals surface area contributed by atoms with E-state index in [4.69, 9.17) is 26.1 Å². The molecule has 1 aliphatic heterocycles. The van der Waals surface area contributed by atoms with E-state index in [9.17, 15) is 9.59 Å². The van der Waals surface area contributed by atoms with Crippen LogP contribution in [-0.2, 0) is 14.3 Å². The van der Waals surface area contributed by atoms with Crippen LogP contribution in [0.4, 0.5) is 4.79 Å². The average Bonchev–Trinajstić information content (AvgIpc) is 2.97. The van der Waals surface area contributed by atoms with Gasteiger partial charge in [0.2, 0.25) is 0 Å². The Hall–Kier alpha value is -2.86. The number of esters is 1. The monoisotopic (exact) mass is 482 g/mol. The highest BCUT2D eigenvalue weighted by Gasteiger charge is 2.35. The topological polar surface area (TPSA) is 68.7 Å². The second-order valence-corrected chi connectivity index (χ2v) is 9.12. The van der Waals surface area contributed by atoms with Gasteiger partial charge in [0, 0.05) is 36.6 Å². The SMILES string of the molecule is CCOC(=O)CCC1=Cc2cc(Cl)ccc2C(C2CCN(C(=O)OCC)CC2)c2ncccc21. The number of allylic oxidation sites excluding steroid dienone is 1. The summed E-state index contributed by atoms with van der Waals surface area (Å²) in [4.78, 5) is 31.0. The van der Waals surface area contributed by atoms with Gasteiger partial charge >= 0.3 is 12.1 Å². The molecule has 1 atom stereocenters. The maximum Gasteiger partial charge on any atom is 0.409 e. The van der Waals surface area contributed by atoms with Crippen molar-refractivity contribution in [3.63, 3.8) is 0 Å². The van der Waals surface area contributed by atoms with Gasteiger partial charge in [-0.3, -0.25) is 9.78 Å². The second-order valence-electron chi connectivity index (χ2n) is 8.69. The van der Waals surface area contributed by atoms with Gasteiger partial charge in [0.1, 0.15) is 0 Å². The van der Waals surface area contributed by atoms with E-state index in [2.05, 4.69) is 18.2 Å². The van der Waals surface area contributed by atoms with Crippen molar-refractivity contribution in [2.24, 2.45) is 5.92 Å². The Balaban J connectivity index is 1.69. The number of hydrogen-bond donors (Lipinski definition) is 0. The standard InChI is InChI=1S/C27H31ClN2O4/c1-3-33-24(31)10-7-19-16-20-17-21(28)8-9-22(20)25(26-23(19)6-5-13-29-26)18-11-14-30(15-12-18)27(32)34-4-2/h5-6,8-9,13,16-18,25H,3-4,7,10-12,14-15H2,1-2H3. The van der Waals surface area contributed by atoms with Crippen molar-refractivity contribution in [1.29, 1.82) is 0 Å². The predicted molar refractivity (Wildman–Crippen MR) is 133 cm³/mol. The van der Waals surface area contributed by atoms with Crippen LogP contribution in [0.3, 0.4) is 0 Å². The van der Waals surface area contributed by atoms with Gasteiger partial charge in [0.15, 0.2) is 0 Å². The van der Waals surface area contributed by atoms with Crippen LogP contribution in [0.5, 0.6) is 0 Å². The van der Waals surface area contributed by atoms with Crippen LogP contribution in [0, 0.1) is 5.92 Å². The van der Waals surface area contributed by atoms with E-state index in [1.165, 1.54) is 5.56 Å². The maximum atomic E-state index is 12.2. The molecule has 1 saturated heterocycles. The molecule has 1 fully saturated rings. The fourth-order valence-electron chi connectivity index (χ4n) is 5.09. The second kappa shape index (κ2) is 11.0. The normalized spacial score (nSPS) is 17.8. The minimum Gasteiger partial charge on any atom is -0.466 e. The predicted octanol–water partition coefficient (Wildman–Crippen LogP) is 5.93. The lowest BCUT2D eigenvalue weighted by molar-refractivity contribution is -0.142. The number of fused-ring (bicyclic) bond motifs is 2. The summed E-state index contributed by atoms with van der Waals surface area (Å²) >= 11 is 6.40. The Morgan fingerprint density at radius 2 is 1.88 bits per heavy atom. The van der Waals surface area contributed by atoms with Crippen LogP contribution in [0.15, 0.2) is 36.5 Å². The number of aromatic nitrogens is 1.